The molecule has 8 heteroatoms. The molecule has 0 aliphatic rings. The summed E-state index contributed by atoms with van der Waals surface area (Å²) in [5, 5.41) is 12.7. The van der Waals surface area contributed by atoms with Crippen LogP contribution in [0.2, 0.25) is 0 Å². The number of thiophene rings is 2. The molecule has 0 unspecified atom stereocenters. The molecule has 1 N–H and O–H groups in total. The third-order valence-corrected chi connectivity index (χ3v) is 8.97. The van der Waals surface area contributed by atoms with Crippen molar-refractivity contribution in [2.24, 2.45) is 0 Å². The number of ketones is 2. The van der Waals surface area contributed by atoms with Crippen molar-refractivity contribution in [2.45, 2.75) is 20.8 Å². The van der Waals surface area contributed by atoms with E-state index in [1.165, 1.54) is 0 Å². The Balaban J connectivity index is 1.41. The molecular formula is C36H30O6S2. The lowest BCUT2D eigenvalue weighted by Crippen LogP contribution is -2.10. The zero-order valence-corrected chi connectivity index (χ0v) is 26.1. The lowest BCUT2D eigenvalue weighted by atomic mass is 9.95. The fraction of sp³-hybridized carbons (Fsp3) is 0.139. The SMILES string of the molecule is CC(=O)c1csc(-c2ccc(C(=CCOc3ccc(OCC(=O)O)c(C)c3)c3ccc(-c4cc(C(C)=O)cs4)cc3)cc2)c1. The van der Waals surface area contributed by atoms with Crippen LogP contribution in [0.15, 0.2) is 95.7 Å². The summed E-state index contributed by atoms with van der Waals surface area (Å²) in [5.41, 5.74) is 7.30. The minimum absolute atomic E-state index is 0.0514. The molecule has 2 heterocycles. The van der Waals surface area contributed by atoms with E-state index >= 15 is 0 Å². The summed E-state index contributed by atoms with van der Waals surface area (Å²) in [6, 6.07) is 25.6. The Labute approximate surface area is 263 Å². The lowest BCUT2D eigenvalue weighted by Gasteiger charge is -2.12. The van der Waals surface area contributed by atoms with Crippen molar-refractivity contribution in [2.75, 3.05) is 13.2 Å². The smallest absolute Gasteiger partial charge is 0.341 e. The average molecular weight is 623 g/mol. The van der Waals surface area contributed by atoms with Crippen LogP contribution in [0.1, 0.15) is 51.3 Å². The monoisotopic (exact) mass is 622 g/mol. The number of hydrogen-bond donors (Lipinski definition) is 1. The Morgan fingerprint density at radius 2 is 1.23 bits per heavy atom. The summed E-state index contributed by atoms with van der Waals surface area (Å²) in [7, 11) is 0. The van der Waals surface area contributed by atoms with E-state index in [0.717, 1.165) is 43.1 Å². The Kier molecular flexibility index (Phi) is 9.53. The second-order valence-corrected chi connectivity index (χ2v) is 12.0. The highest BCUT2D eigenvalue weighted by atomic mass is 32.1. The third-order valence-electron chi connectivity index (χ3n) is 7.01. The van der Waals surface area contributed by atoms with Crippen LogP contribution in [0.3, 0.4) is 0 Å². The summed E-state index contributed by atoms with van der Waals surface area (Å²) in [5.74, 6) is 0.213. The van der Waals surface area contributed by atoms with Gasteiger partial charge in [0.15, 0.2) is 18.2 Å². The number of aliphatic carboxylic acids is 1. The molecule has 222 valence electrons. The highest BCUT2D eigenvalue weighted by Gasteiger charge is 2.11. The maximum Gasteiger partial charge on any atom is 0.341 e. The minimum Gasteiger partial charge on any atom is -0.489 e. The maximum absolute atomic E-state index is 11.8. The predicted octanol–water partition coefficient (Wildman–Crippen LogP) is 8.83. The van der Waals surface area contributed by atoms with Gasteiger partial charge in [-0.2, -0.15) is 0 Å². The highest BCUT2D eigenvalue weighted by molar-refractivity contribution is 7.14. The van der Waals surface area contributed by atoms with Crippen LogP contribution in [0.4, 0.5) is 0 Å². The first-order chi connectivity index (χ1) is 21.2. The Morgan fingerprint density at radius 3 is 1.66 bits per heavy atom. The first kappa shape index (κ1) is 30.7. The van der Waals surface area contributed by atoms with E-state index in [9.17, 15) is 14.4 Å². The summed E-state index contributed by atoms with van der Waals surface area (Å²) in [4.78, 5) is 36.5. The van der Waals surface area contributed by atoms with Crippen LogP contribution >= 0.6 is 22.7 Å². The number of carboxylic acid groups (broad SMARTS) is 1. The largest absolute Gasteiger partial charge is 0.489 e. The van der Waals surface area contributed by atoms with E-state index < -0.39 is 12.6 Å². The van der Waals surface area contributed by atoms with Gasteiger partial charge in [0.25, 0.3) is 0 Å². The molecule has 5 aromatic rings. The molecule has 0 atom stereocenters. The van der Waals surface area contributed by atoms with Crippen molar-refractivity contribution < 1.29 is 29.0 Å². The van der Waals surface area contributed by atoms with Gasteiger partial charge >= 0.3 is 5.97 Å². The number of Topliss-reactive ketones (excluding diaryl/α,β-unsaturated/α-hetero) is 2. The van der Waals surface area contributed by atoms with Gasteiger partial charge in [-0.25, -0.2) is 4.79 Å². The van der Waals surface area contributed by atoms with Gasteiger partial charge in [0, 0.05) is 31.6 Å². The Hall–Kier alpha value is -4.79. The van der Waals surface area contributed by atoms with Crippen LogP contribution in [0.25, 0.3) is 26.5 Å². The molecule has 0 bridgehead atoms. The summed E-state index contributed by atoms with van der Waals surface area (Å²) in [6.07, 6.45) is 2.03. The molecule has 0 fully saturated rings. The topological polar surface area (TPSA) is 89.9 Å². The second kappa shape index (κ2) is 13.7. The number of benzene rings is 3. The molecule has 0 spiro atoms. The van der Waals surface area contributed by atoms with Gasteiger partial charge in [-0.15, -0.1) is 22.7 Å². The van der Waals surface area contributed by atoms with Crippen molar-refractivity contribution in [1.82, 2.24) is 0 Å². The van der Waals surface area contributed by atoms with Gasteiger partial charge in [-0.05, 0) is 90.6 Å². The number of hydrogen-bond acceptors (Lipinski definition) is 7. The Morgan fingerprint density at radius 1 is 0.705 bits per heavy atom. The van der Waals surface area contributed by atoms with Gasteiger partial charge in [0.1, 0.15) is 18.1 Å². The molecule has 2 aromatic heterocycles. The van der Waals surface area contributed by atoms with E-state index in [2.05, 4.69) is 48.5 Å². The van der Waals surface area contributed by atoms with E-state index in [-0.39, 0.29) is 11.6 Å². The zero-order chi connectivity index (χ0) is 31.2. The van der Waals surface area contributed by atoms with Crippen LogP contribution < -0.4 is 9.47 Å². The summed E-state index contributed by atoms with van der Waals surface area (Å²) in [6.45, 7) is 4.88. The van der Waals surface area contributed by atoms with Crippen molar-refractivity contribution in [3.8, 4) is 32.4 Å². The molecular weight excluding hydrogens is 593 g/mol. The molecule has 0 amide bonds. The van der Waals surface area contributed by atoms with Crippen molar-refractivity contribution in [1.29, 1.82) is 0 Å². The lowest BCUT2D eigenvalue weighted by molar-refractivity contribution is -0.139. The van der Waals surface area contributed by atoms with Crippen molar-refractivity contribution in [3.63, 3.8) is 0 Å². The molecule has 0 aliphatic carbocycles. The first-order valence-electron chi connectivity index (χ1n) is 13.9. The van der Waals surface area contributed by atoms with E-state index in [1.807, 2.05) is 42.0 Å². The van der Waals surface area contributed by atoms with E-state index in [1.54, 1.807) is 48.7 Å². The van der Waals surface area contributed by atoms with Gasteiger partial charge < -0.3 is 14.6 Å². The number of carbonyl (C=O) groups excluding carboxylic acids is 2. The number of ether oxygens (including phenoxy) is 2. The maximum atomic E-state index is 11.8. The predicted molar refractivity (Wildman–Crippen MR) is 176 cm³/mol. The number of carboxylic acids is 1. The van der Waals surface area contributed by atoms with Gasteiger partial charge in [0.05, 0.1) is 0 Å². The standard InChI is InChI=1S/C36H30O6S2/c1-22-16-31(12-13-33(22)42-19-36(39)40)41-15-14-32(25-4-8-27(9-5-25)34-17-29(20-43-34)23(2)37)26-6-10-28(11-7-26)35-18-30(21-44-35)24(3)38/h4-14,16-18,20-21H,15,19H2,1-3H3,(H,39,40). The highest BCUT2D eigenvalue weighted by Crippen LogP contribution is 2.33. The quantitative estimate of drug-likeness (QED) is 0.140. The molecule has 0 saturated carbocycles. The summed E-state index contributed by atoms with van der Waals surface area (Å²) >= 11 is 3.10. The van der Waals surface area contributed by atoms with Gasteiger partial charge in [-0.1, -0.05) is 48.5 Å². The fourth-order valence-corrected chi connectivity index (χ4v) is 6.52. The molecule has 44 heavy (non-hydrogen) atoms. The molecule has 0 radical (unpaired) electrons. The Bertz CT molecular complexity index is 1740. The number of rotatable bonds is 12. The first-order valence-corrected chi connectivity index (χ1v) is 15.6. The van der Waals surface area contributed by atoms with Crippen molar-refractivity contribution >= 4 is 45.8 Å². The van der Waals surface area contributed by atoms with Gasteiger partial charge in [0.2, 0.25) is 0 Å². The summed E-state index contributed by atoms with van der Waals surface area (Å²) < 4.78 is 11.4. The average Bonchev–Trinajstić information content (AvgIpc) is 3.71. The molecule has 5 rings (SSSR count). The minimum atomic E-state index is -1.03. The number of carbonyl (C=O) groups is 3. The van der Waals surface area contributed by atoms with Crippen LogP contribution in [0, 0.1) is 6.92 Å². The second-order valence-electron chi connectivity index (χ2n) is 10.2. The van der Waals surface area contributed by atoms with Crippen LogP contribution in [-0.4, -0.2) is 35.9 Å². The van der Waals surface area contributed by atoms with E-state index in [4.69, 9.17) is 14.6 Å². The zero-order valence-electron chi connectivity index (χ0n) is 24.5. The molecule has 0 saturated heterocycles. The molecule has 3 aromatic carbocycles. The molecule has 0 aliphatic heterocycles. The number of aryl methyl sites for hydroxylation is 1. The third kappa shape index (κ3) is 7.40. The van der Waals surface area contributed by atoms with Gasteiger partial charge in [-0.3, -0.25) is 9.59 Å². The van der Waals surface area contributed by atoms with Crippen LogP contribution in [0.5, 0.6) is 11.5 Å². The van der Waals surface area contributed by atoms with E-state index in [0.29, 0.717) is 29.2 Å². The van der Waals surface area contributed by atoms with Crippen LogP contribution in [-0.2, 0) is 4.79 Å². The normalized spacial score (nSPS) is 10.7. The van der Waals surface area contributed by atoms with Crippen molar-refractivity contribution in [3.05, 3.63) is 124 Å². The fourth-order valence-electron chi connectivity index (χ4n) is 4.61. The molecule has 6 nitrogen and oxygen atoms in total.